The van der Waals surface area contributed by atoms with Gasteiger partial charge in [-0.25, -0.2) is 10.2 Å². The highest BCUT2D eigenvalue weighted by Crippen LogP contribution is 2.01. The third-order valence-corrected chi connectivity index (χ3v) is 1.85. The van der Waals surface area contributed by atoms with Gasteiger partial charge in [-0.2, -0.15) is 0 Å². The minimum absolute atomic E-state index is 0.0607. The van der Waals surface area contributed by atoms with Crippen LogP contribution in [-0.2, 0) is 9.53 Å². The summed E-state index contributed by atoms with van der Waals surface area (Å²) in [6, 6.07) is 3.39. The second kappa shape index (κ2) is 7.07. The maximum atomic E-state index is 11.4. The normalized spacial score (nSPS) is 9.83. The summed E-state index contributed by atoms with van der Waals surface area (Å²) in [5.41, 5.74) is 4.37. The van der Waals surface area contributed by atoms with Crippen molar-refractivity contribution in [3.8, 4) is 0 Å². The van der Waals surface area contributed by atoms with Gasteiger partial charge in [-0.05, 0) is 30.4 Å². The number of methoxy groups -OCH3 is 1. The molecule has 0 radical (unpaired) electrons. The number of hydrazine groups is 1. The molecule has 0 unspecified atom stereocenters. The molecule has 0 aliphatic carbocycles. The van der Waals surface area contributed by atoms with Crippen LogP contribution in [0.4, 0.5) is 4.79 Å². The van der Waals surface area contributed by atoms with Crippen molar-refractivity contribution in [2.45, 2.75) is 0 Å². The van der Waals surface area contributed by atoms with Gasteiger partial charge in [0, 0.05) is 6.08 Å². The van der Waals surface area contributed by atoms with Crippen LogP contribution < -0.4 is 16.2 Å². The van der Waals surface area contributed by atoms with Crippen molar-refractivity contribution in [2.24, 2.45) is 0 Å². The van der Waals surface area contributed by atoms with Crippen LogP contribution in [0.5, 0.6) is 0 Å². The molecule has 1 rings (SSSR count). The average Bonchev–Trinajstić information content (AvgIpc) is 2.86. The molecule has 0 bridgehead atoms. The Hall–Kier alpha value is -2.35. The largest absolute Gasteiger partial charge is 0.465 e. The van der Waals surface area contributed by atoms with E-state index in [-0.39, 0.29) is 5.11 Å². The highest BCUT2D eigenvalue weighted by atomic mass is 32.1. The third-order valence-electron chi connectivity index (χ3n) is 1.64. The number of carbonyl (C=O) groups excluding carboxylic acids is 2. The Morgan fingerprint density at radius 1 is 1.44 bits per heavy atom. The molecule has 8 heteroatoms. The summed E-state index contributed by atoms with van der Waals surface area (Å²) in [6.07, 6.45) is 3.48. The van der Waals surface area contributed by atoms with E-state index in [1.165, 1.54) is 25.5 Å². The van der Waals surface area contributed by atoms with Crippen molar-refractivity contribution >= 4 is 35.4 Å². The van der Waals surface area contributed by atoms with Crippen molar-refractivity contribution in [3.63, 3.8) is 0 Å². The van der Waals surface area contributed by atoms with E-state index in [1.54, 1.807) is 12.1 Å². The highest BCUT2D eigenvalue weighted by molar-refractivity contribution is 7.80. The van der Waals surface area contributed by atoms with Gasteiger partial charge in [0.2, 0.25) is 5.91 Å². The van der Waals surface area contributed by atoms with Crippen LogP contribution in [0.2, 0.25) is 0 Å². The maximum absolute atomic E-state index is 11.4. The Balaban J connectivity index is 2.31. The molecule has 0 atom stereocenters. The second-order valence-corrected chi connectivity index (χ2v) is 3.32. The molecule has 0 saturated heterocycles. The molecule has 1 heterocycles. The van der Waals surface area contributed by atoms with Crippen LogP contribution in [0.1, 0.15) is 5.76 Å². The first-order valence-electron chi connectivity index (χ1n) is 4.78. The lowest BCUT2D eigenvalue weighted by molar-refractivity contribution is -0.115. The lowest BCUT2D eigenvalue weighted by Gasteiger charge is -2.07. The highest BCUT2D eigenvalue weighted by Gasteiger charge is 2.02. The maximum Gasteiger partial charge on any atom is 0.425 e. The number of ether oxygens (including phenoxy) is 1. The fraction of sp³-hybridized carbons (Fsp3) is 0.100. The van der Waals surface area contributed by atoms with Crippen LogP contribution in [-0.4, -0.2) is 24.2 Å². The van der Waals surface area contributed by atoms with Crippen LogP contribution in [0, 0.1) is 0 Å². The van der Waals surface area contributed by atoms with E-state index in [1.807, 2.05) is 0 Å². The van der Waals surface area contributed by atoms with E-state index in [9.17, 15) is 9.59 Å². The molecule has 0 aliphatic heterocycles. The van der Waals surface area contributed by atoms with Crippen LogP contribution in [0.15, 0.2) is 28.9 Å². The van der Waals surface area contributed by atoms with Gasteiger partial charge in [0.05, 0.1) is 13.4 Å². The van der Waals surface area contributed by atoms with E-state index >= 15 is 0 Å². The zero-order valence-electron chi connectivity index (χ0n) is 9.43. The van der Waals surface area contributed by atoms with Gasteiger partial charge in [0.1, 0.15) is 5.76 Å². The van der Waals surface area contributed by atoms with E-state index < -0.39 is 12.0 Å². The van der Waals surface area contributed by atoms with Crippen molar-refractivity contribution in [1.29, 1.82) is 0 Å². The fourth-order valence-corrected chi connectivity index (χ4v) is 1.04. The molecule has 96 valence electrons. The zero-order valence-corrected chi connectivity index (χ0v) is 10.2. The molecule has 3 N–H and O–H groups in total. The molecule has 1 aromatic heterocycles. The Labute approximate surface area is 108 Å². The summed E-state index contributed by atoms with van der Waals surface area (Å²) in [6.45, 7) is 0. The lowest BCUT2D eigenvalue weighted by atomic mass is 10.4. The van der Waals surface area contributed by atoms with Gasteiger partial charge in [0.15, 0.2) is 5.11 Å². The van der Waals surface area contributed by atoms with Gasteiger partial charge in [-0.3, -0.25) is 15.5 Å². The SMILES string of the molecule is COC(=O)NNC(=S)NC(=O)C=Cc1ccco1. The smallest absolute Gasteiger partial charge is 0.425 e. The number of thiocarbonyl (C=S) groups is 1. The molecule has 0 aromatic carbocycles. The molecule has 0 spiro atoms. The molecular weight excluding hydrogens is 258 g/mol. The molecule has 1 aromatic rings. The Bertz CT molecular complexity index is 456. The Morgan fingerprint density at radius 2 is 2.22 bits per heavy atom. The van der Waals surface area contributed by atoms with Gasteiger partial charge in [0.25, 0.3) is 0 Å². The fourth-order valence-electron chi connectivity index (χ4n) is 0.888. The van der Waals surface area contributed by atoms with Crippen molar-refractivity contribution in [2.75, 3.05) is 7.11 Å². The van der Waals surface area contributed by atoms with Crippen LogP contribution in [0.25, 0.3) is 6.08 Å². The second-order valence-electron chi connectivity index (χ2n) is 2.91. The van der Waals surface area contributed by atoms with Crippen LogP contribution in [0.3, 0.4) is 0 Å². The number of rotatable bonds is 2. The summed E-state index contributed by atoms with van der Waals surface area (Å²) >= 11 is 4.74. The Kier molecular flexibility index (Phi) is 5.39. The first-order valence-corrected chi connectivity index (χ1v) is 5.19. The topological polar surface area (TPSA) is 92.6 Å². The summed E-state index contributed by atoms with van der Waals surface area (Å²) in [5, 5.41) is 2.24. The van der Waals surface area contributed by atoms with Crippen molar-refractivity contribution in [3.05, 3.63) is 30.2 Å². The standard InChI is InChI=1S/C10H11N3O4S/c1-16-10(15)13-12-9(18)11-8(14)5-4-7-3-2-6-17-7/h2-6H,1H3,(H,13,15)(H2,11,12,14,18). The summed E-state index contributed by atoms with van der Waals surface area (Å²) in [5.74, 6) is 0.0762. The molecule has 0 aliphatic rings. The number of furan rings is 1. The minimum Gasteiger partial charge on any atom is -0.465 e. The zero-order chi connectivity index (χ0) is 13.4. The average molecular weight is 269 g/mol. The van der Waals surface area contributed by atoms with Gasteiger partial charge in [-0.15, -0.1) is 0 Å². The molecular formula is C10H11N3O4S. The van der Waals surface area contributed by atoms with E-state index in [0.29, 0.717) is 5.76 Å². The number of hydrogen-bond acceptors (Lipinski definition) is 5. The Morgan fingerprint density at radius 3 is 2.83 bits per heavy atom. The number of nitrogens with one attached hydrogen (secondary N) is 3. The minimum atomic E-state index is -0.724. The molecule has 7 nitrogen and oxygen atoms in total. The predicted octanol–water partition coefficient (Wildman–Crippen LogP) is 0.554. The molecule has 18 heavy (non-hydrogen) atoms. The van der Waals surface area contributed by atoms with E-state index in [0.717, 1.165) is 0 Å². The summed E-state index contributed by atoms with van der Waals surface area (Å²) < 4.78 is 9.28. The summed E-state index contributed by atoms with van der Waals surface area (Å²) in [4.78, 5) is 22.0. The third kappa shape index (κ3) is 5.12. The first kappa shape index (κ1) is 13.7. The number of carbonyl (C=O) groups is 2. The number of hydrogen-bond donors (Lipinski definition) is 3. The molecule has 0 fully saturated rings. The molecule has 2 amide bonds. The van der Waals surface area contributed by atoms with Crippen LogP contribution >= 0.6 is 12.2 Å². The van der Waals surface area contributed by atoms with E-state index in [4.69, 9.17) is 16.6 Å². The van der Waals surface area contributed by atoms with Gasteiger partial charge < -0.3 is 9.15 Å². The monoisotopic (exact) mass is 269 g/mol. The van der Waals surface area contributed by atoms with Crippen molar-refractivity contribution in [1.82, 2.24) is 16.2 Å². The van der Waals surface area contributed by atoms with Crippen molar-refractivity contribution < 1.29 is 18.7 Å². The summed E-state index contributed by atoms with van der Waals surface area (Å²) in [7, 11) is 1.20. The van der Waals surface area contributed by atoms with Gasteiger partial charge in [-0.1, -0.05) is 0 Å². The predicted molar refractivity (Wildman–Crippen MR) is 67.2 cm³/mol. The molecule has 0 saturated carbocycles. The van der Waals surface area contributed by atoms with E-state index in [2.05, 4.69) is 20.9 Å². The lowest BCUT2D eigenvalue weighted by Crippen LogP contribution is -2.48. The first-order chi connectivity index (χ1) is 8.61. The number of amides is 2. The quantitative estimate of drug-likeness (QED) is 0.412. The van der Waals surface area contributed by atoms with Gasteiger partial charge >= 0.3 is 6.09 Å².